The molecular formula is C15H18Cl2N6O3. The lowest BCUT2D eigenvalue weighted by Gasteiger charge is -2.08. The number of amides is 3. The Morgan fingerprint density at radius 1 is 1.12 bits per heavy atom. The molecule has 11 heteroatoms. The van der Waals surface area contributed by atoms with Crippen LogP contribution in [0.25, 0.3) is 0 Å². The monoisotopic (exact) mass is 400 g/mol. The van der Waals surface area contributed by atoms with Gasteiger partial charge in [-0.2, -0.15) is 0 Å². The zero-order valence-electron chi connectivity index (χ0n) is 13.5. The Morgan fingerprint density at radius 2 is 1.77 bits per heavy atom. The minimum absolute atomic E-state index is 0. The summed E-state index contributed by atoms with van der Waals surface area (Å²) in [5.41, 5.74) is 11.7. The van der Waals surface area contributed by atoms with E-state index in [1.54, 1.807) is 24.3 Å². The number of rotatable bonds is 5. The summed E-state index contributed by atoms with van der Waals surface area (Å²) in [5.74, 6) is -0.957. The van der Waals surface area contributed by atoms with Gasteiger partial charge in [0.05, 0.1) is 0 Å². The zero-order chi connectivity index (χ0) is 18.4. The van der Waals surface area contributed by atoms with E-state index in [0.29, 0.717) is 19.4 Å². The molecule has 0 aliphatic rings. The maximum absolute atomic E-state index is 11.9. The van der Waals surface area contributed by atoms with Gasteiger partial charge >= 0.3 is 6.03 Å². The second-order valence-corrected chi connectivity index (χ2v) is 5.47. The van der Waals surface area contributed by atoms with E-state index in [2.05, 4.69) is 20.6 Å². The Kier molecular flexibility index (Phi) is 7.88. The highest BCUT2D eigenvalue weighted by molar-refractivity contribution is 6.31. The van der Waals surface area contributed by atoms with Gasteiger partial charge in [0.25, 0.3) is 5.91 Å². The van der Waals surface area contributed by atoms with Gasteiger partial charge in [0, 0.05) is 6.54 Å². The summed E-state index contributed by atoms with van der Waals surface area (Å²) in [5, 5.41) is 13.7. The van der Waals surface area contributed by atoms with Gasteiger partial charge in [0.1, 0.15) is 5.75 Å². The molecule has 2 rings (SSSR count). The summed E-state index contributed by atoms with van der Waals surface area (Å²) in [6, 6.07) is 6.09. The highest BCUT2D eigenvalue weighted by Crippen LogP contribution is 2.17. The second-order valence-electron chi connectivity index (χ2n) is 5.11. The molecule has 0 saturated carbocycles. The standard InChI is InChI=1S/C15H17ClN6O3.ClH/c16-11-13(18)21-12(17)10(20-11)14(24)22-15(25)19-7-1-2-8-3-5-9(23)6-4-8;/h3-6,23H,1-2,7H2,(H4,17,18,21)(H2,19,22,24,25);1H. The van der Waals surface area contributed by atoms with Crippen LogP contribution in [-0.4, -0.2) is 33.6 Å². The lowest BCUT2D eigenvalue weighted by atomic mass is 10.1. The summed E-state index contributed by atoms with van der Waals surface area (Å²) in [6.45, 7) is 0.351. The van der Waals surface area contributed by atoms with E-state index in [1.165, 1.54) is 0 Å². The van der Waals surface area contributed by atoms with Crippen LogP contribution in [0.4, 0.5) is 16.4 Å². The van der Waals surface area contributed by atoms with E-state index in [-0.39, 0.29) is 40.6 Å². The van der Waals surface area contributed by atoms with E-state index in [4.69, 9.17) is 23.1 Å². The molecule has 0 aliphatic carbocycles. The number of aromatic hydroxyl groups is 1. The fourth-order valence-electron chi connectivity index (χ4n) is 1.97. The number of imide groups is 1. The molecule has 1 aromatic carbocycles. The maximum Gasteiger partial charge on any atom is 0.321 e. The lowest BCUT2D eigenvalue weighted by molar-refractivity contribution is 0.0960. The normalized spacial score (nSPS) is 9.88. The molecule has 1 heterocycles. The topological polar surface area (TPSA) is 156 Å². The van der Waals surface area contributed by atoms with Crippen molar-refractivity contribution in [2.45, 2.75) is 12.8 Å². The molecule has 0 unspecified atom stereocenters. The van der Waals surface area contributed by atoms with Gasteiger partial charge in [-0.15, -0.1) is 12.4 Å². The highest BCUT2D eigenvalue weighted by atomic mass is 35.5. The average molecular weight is 401 g/mol. The molecule has 26 heavy (non-hydrogen) atoms. The van der Waals surface area contributed by atoms with Gasteiger partial charge in [0.2, 0.25) is 0 Å². The summed E-state index contributed by atoms with van der Waals surface area (Å²) in [6.07, 6.45) is 1.36. The number of carbonyl (C=O) groups excluding carboxylic acids is 2. The van der Waals surface area contributed by atoms with E-state index >= 15 is 0 Å². The number of benzene rings is 1. The molecule has 0 radical (unpaired) electrons. The molecule has 9 nitrogen and oxygen atoms in total. The Labute approximate surface area is 160 Å². The predicted octanol–water partition coefficient (Wildman–Crippen LogP) is 1.49. The molecular weight excluding hydrogens is 383 g/mol. The molecule has 0 atom stereocenters. The summed E-state index contributed by atoms with van der Waals surface area (Å²) in [4.78, 5) is 31.0. The number of nitrogens with two attached hydrogens (primary N) is 2. The Balaban J connectivity index is 0.00000338. The number of nitrogen functional groups attached to an aromatic ring is 2. The number of carbonyl (C=O) groups is 2. The quantitative estimate of drug-likeness (QED) is 0.475. The van der Waals surface area contributed by atoms with Crippen molar-refractivity contribution in [2.24, 2.45) is 0 Å². The molecule has 7 N–H and O–H groups in total. The molecule has 140 valence electrons. The second kappa shape index (κ2) is 9.64. The van der Waals surface area contributed by atoms with E-state index in [0.717, 1.165) is 5.56 Å². The first-order valence-electron chi connectivity index (χ1n) is 7.32. The van der Waals surface area contributed by atoms with Crippen molar-refractivity contribution in [3.05, 3.63) is 40.7 Å². The van der Waals surface area contributed by atoms with Crippen molar-refractivity contribution in [3.63, 3.8) is 0 Å². The van der Waals surface area contributed by atoms with Crippen molar-refractivity contribution in [2.75, 3.05) is 18.0 Å². The number of urea groups is 1. The van der Waals surface area contributed by atoms with Crippen molar-refractivity contribution < 1.29 is 14.7 Å². The number of anilines is 2. The van der Waals surface area contributed by atoms with Crippen molar-refractivity contribution in [3.8, 4) is 5.75 Å². The highest BCUT2D eigenvalue weighted by Gasteiger charge is 2.17. The van der Waals surface area contributed by atoms with Crippen LogP contribution in [0.5, 0.6) is 5.75 Å². The number of halogens is 2. The molecule has 3 amide bonds. The number of nitrogens with zero attached hydrogens (tertiary/aromatic N) is 2. The zero-order valence-corrected chi connectivity index (χ0v) is 15.1. The summed E-state index contributed by atoms with van der Waals surface area (Å²) in [7, 11) is 0. The average Bonchev–Trinajstić information content (AvgIpc) is 2.56. The van der Waals surface area contributed by atoms with Crippen LogP contribution in [-0.2, 0) is 6.42 Å². The largest absolute Gasteiger partial charge is 0.508 e. The fourth-order valence-corrected chi connectivity index (χ4v) is 2.10. The molecule has 0 aliphatic heterocycles. The first-order valence-corrected chi connectivity index (χ1v) is 7.70. The maximum atomic E-state index is 11.9. The van der Waals surface area contributed by atoms with Crippen LogP contribution >= 0.6 is 24.0 Å². The van der Waals surface area contributed by atoms with Gasteiger partial charge in [-0.1, -0.05) is 23.7 Å². The van der Waals surface area contributed by atoms with Gasteiger partial charge in [-0.3, -0.25) is 10.1 Å². The third kappa shape index (κ3) is 5.94. The van der Waals surface area contributed by atoms with Crippen LogP contribution in [0, 0.1) is 0 Å². The van der Waals surface area contributed by atoms with Crippen molar-refractivity contribution in [1.82, 2.24) is 20.6 Å². The van der Waals surface area contributed by atoms with E-state index in [1.807, 2.05) is 0 Å². The SMILES string of the molecule is Cl.Nc1nc(N)c(C(=O)NC(=O)NCCCc2ccc(O)cc2)nc1Cl. The van der Waals surface area contributed by atoms with Gasteiger partial charge in [0.15, 0.2) is 22.5 Å². The van der Waals surface area contributed by atoms with Crippen LogP contribution in [0.2, 0.25) is 5.15 Å². The fraction of sp³-hybridized carbons (Fsp3) is 0.200. The third-order valence-corrected chi connectivity index (χ3v) is 3.49. The van der Waals surface area contributed by atoms with Crippen LogP contribution < -0.4 is 22.1 Å². The lowest BCUT2D eigenvalue weighted by Crippen LogP contribution is -2.40. The molecule has 0 saturated heterocycles. The van der Waals surface area contributed by atoms with Gasteiger partial charge in [-0.05, 0) is 30.5 Å². The third-order valence-electron chi connectivity index (χ3n) is 3.21. The van der Waals surface area contributed by atoms with Crippen molar-refractivity contribution in [1.29, 1.82) is 0 Å². The number of phenols is 1. The number of hydrogen-bond acceptors (Lipinski definition) is 7. The minimum atomic E-state index is -0.831. The number of phenolic OH excluding ortho intramolecular Hbond substituents is 1. The molecule has 2 aromatic rings. The number of aryl methyl sites for hydroxylation is 1. The van der Waals surface area contributed by atoms with Crippen LogP contribution in [0.1, 0.15) is 22.5 Å². The summed E-state index contributed by atoms with van der Waals surface area (Å²) >= 11 is 5.69. The number of aromatic nitrogens is 2. The Morgan fingerprint density at radius 3 is 2.42 bits per heavy atom. The molecule has 0 bridgehead atoms. The Bertz CT molecular complexity index is 786. The van der Waals surface area contributed by atoms with Gasteiger partial charge < -0.3 is 21.9 Å². The molecule has 1 aromatic heterocycles. The molecule has 0 fully saturated rings. The molecule has 0 spiro atoms. The minimum Gasteiger partial charge on any atom is -0.508 e. The van der Waals surface area contributed by atoms with E-state index in [9.17, 15) is 14.7 Å². The predicted molar refractivity (Wildman–Crippen MR) is 100 cm³/mol. The number of nitrogens with one attached hydrogen (secondary N) is 2. The summed E-state index contributed by atoms with van der Waals surface area (Å²) < 4.78 is 0. The van der Waals surface area contributed by atoms with Crippen LogP contribution in [0.3, 0.4) is 0 Å². The van der Waals surface area contributed by atoms with E-state index < -0.39 is 11.9 Å². The van der Waals surface area contributed by atoms with Gasteiger partial charge in [-0.25, -0.2) is 14.8 Å². The Hall–Kier alpha value is -2.78. The van der Waals surface area contributed by atoms with Crippen LogP contribution in [0.15, 0.2) is 24.3 Å². The van der Waals surface area contributed by atoms with Crippen molar-refractivity contribution >= 4 is 47.6 Å². The smallest absolute Gasteiger partial charge is 0.321 e. The first-order chi connectivity index (χ1) is 11.9. The first kappa shape index (κ1) is 21.3. The number of hydrogen-bond donors (Lipinski definition) is 5.